The van der Waals surface area contributed by atoms with Gasteiger partial charge in [0.25, 0.3) is 0 Å². The van der Waals surface area contributed by atoms with Crippen LogP contribution in [0.3, 0.4) is 0 Å². The number of rotatable bonds is 4. The fourth-order valence-corrected chi connectivity index (χ4v) is 4.46. The zero-order valence-corrected chi connectivity index (χ0v) is 14.0. The van der Waals surface area contributed by atoms with E-state index in [-0.39, 0.29) is 29.5 Å². The van der Waals surface area contributed by atoms with Crippen LogP contribution in [0, 0.1) is 5.92 Å². The lowest BCUT2D eigenvalue weighted by Crippen LogP contribution is -2.28. The van der Waals surface area contributed by atoms with E-state index in [4.69, 9.17) is 11.6 Å². The van der Waals surface area contributed by atoms with Crippen LogP contribution < -0.4 is 5.32 Å². The van der Waals surface area contributed by atoms with Crippen LogP contribution in [0.25, 0.3) is 6.08 Å². The van der Waals surface area contributed by atoms with Crippen molar-refractivity contribution in [3.05, 3.63) is 40.4 Å². The lowest BCUT2D eigenvalue weighted by molar-refractivity contribution is -0.137. The van der Waals surface area contributed by atoms with Crippen molar-refractivity contribution in [1.82, 2.24) is 5.32 Å². The third-order valence-corrected chi connectivity index (χ3v) is 5.78. The zero-order chi connectivity index (χ0) is 18.0. The number of halogens is 4. The van der Waals surface area contributed by atoms with Gasteiger partial charge in [0.05, 0.1) is 22.1 Å². The van der Waals surface area contributed by atoms with Gasteiger partial charge in [-0.3, -0.25) is 4.79 Å². The van der Waals surface area contributed by atoms with Crippen molar-refractivity contribution in [2.24, 2.45) is 5.92 Å². The van der Waals surface area contributed by atoms with Crippen LogP contribution in [-0.4, -0.2) is 32.4 Å². The second kappa shape index (κ2) is 7.14. The Bertz CT molecular complexity index is 760. The summed E-state index contributed by atoms with van der Waals surface area (Å²) in [5.41, 5.74) is -0.784. The van der Waals surface area contributed by atoms with Gasteiger partial charge in [-0.25, -0.2) is 8.42 Å². The molecular formula is C15H15ClF3NO3S. The molecule has 0 radical (unpaired) electrons. The van der Waals surface area contributed by atoms with E-state index in [0.29, 0.717) is 6.42 Å². The largest absolute Gasteiger partial charge is 0.417 e. The molecule has 1 aliphatic rings. The van der Waals surface area contributed by atoms with Gasteiger partial charge in [0.15, 0.2) is 9.84 Å². The van der Waals surface area contributed by atoms with E-state index in [0.717, 1.165) is 18.2 Å². The van der Waals surface area contributed by atoms with Gasteiger partial charge in [-0.15, -0.1) is 0 Å². The third-order valence-electron chi connectivity index (χ3n) is 3.61. The smallest absolute Gasteiger partial charge is 0.352 e. The van der Waals surface area contributed by atoms with Crippen LogP contribution in [-0.2, 0) is 20.8 Å². The first-order valence-corrected chi connectivity index (χ1v) is 9.30. The van der Waals surface area contributed by atoms with Gasteiger partial charge >= 0.3 is 6.18 Å². The number of hydrogen-bond donors (Lipinski definition) is 1. The van der Waals surface area contributed by atoms with E-state index < -0.39 is 32.5 Å². The Morgan fingerprint density at radius 2 is 2.08 bits per heavy atom. The normalized spacial score (nSPS) is 20.4. The Kier molecular flexibility index (Phi) is 5.59. The third kappa shape index (κ3) is 5.24. The van der Waals surface area contributed by atoms with Gasteiger partial charge in [0, 0.05) is 12.6 Å². The molecule has 1 heterocycles. The predicted molar refractivity (Wildman–Crippen MR) is 85.3 cm³/mol. The standard InChI is InChI=1S/C15H15ClF3NO3S/c16-13-3-1-10(7-12(13)15(17,18)19)2-4-14(21)20-8-11-5-6-24(22,23)9-11/h1-4,7,11H,5-6,8-9H2,(H,20,21)/b4-2+. The molecule has 132 valence electrons. The van der Waals surface area contributed by atoms with Crippen molar-refractivity contribution < 1.29 is 26.4 Å². The fourth-order valence-electron chi connectivity index (χ4n) is 2.37. The number of amides is 1. The summed E-state index contributed by atoms with van der Waals surface area (Å²) in [6, 6.07) is 3.34. The van der Waals surface area contributed by atoms with E-state index in [1.807, 2.05) is 0 Å². The van der Waals surface area contributed by atoms with Crippen molar-refractivity contribution in [1.29, 1.82) is 0 Å². The molecule has 0 spiro atoms. The number of carbonyl (C=O) groups excluding carboxylic acids is 1. The maximum Gasteiger partial charge on any atom is 0.417 e. The maximum atomic E-state index is 12.7. The van der Waals surface area contributed by atoms with E-state index in [9.17, 15) is 26.4 Å². The average molecular weight is 382 g/mol. The van der Waals surface area contributed by atoms with Gasteiger partial charge in [-0.2, -0.15) is 13.2 Å². The second-order valence-electron chi connectivity index (χ2n) is 5.58. The Morgan fingerprint density at radius 1 is 1.38 bits per heavy atom. The highest BCUT2D eigenvalue weighted by Gasteiger charge is 2.33. The molecule has 1 aromatic carbocycles. The van der Waals surface area contributed by atoms with Crippen molar-refractivity contribution in [2.75, 3.05) is 18.1 Å². The first kappa shape index (κ1) is 18.8. The van der Waals surface area contributed by atoms with Crippen LogP contribution in [0.4, 0.5) is 13.2 Å². The highest BCUT2D eigenvalue weighted by atomic mass is 35.5. The number of hydrogen-bond acceptors (Lipinski definition) is 3. The number of carbonyl (C=O) groups is 1. The molecule has 24 heavy (non-hydrogen) atoms. The Hall–Kier alpha value is -1.54. The summed E-state index contributed by atoms with van der Waals surface area (Å²) in [5, 5.41) is 2.14. The molecule has 1 unspecified atom stereocenters. The van der Waals surface area contributed by atoms with Crippen molar-refractivity contribution in [3.63, 3.8) is 0 Å². The Labute approximate surface area is 142 Å². The van der Waals surface area contributed by atoms with E-state index in [2.05, 4.69) is 5.32 Å². The number of alkyl halides is 3. The minimum Gasteiger partial charge on any atom is -0.352 e. The molecular weight excluding hydrogens is 367 g/mol. The second-order valence-corrected chi connectivity index (χ2v) is 8.22. The van der Waals surface area contributed by atoms with Crippen LogP contribution >= 0.6 is 11.6 Å². The van der Waals surface area contributed by atoms with E-state index in [1.54, 1.807) is 0 Å². The fraction of sp³-hybridized carbons (Fsp3) is 0.400. The quantitative estimate of drug-likeness (QED) is 0.816. The molecule has 0 bridgehead atoms. The molecule has 9 heteroatoms. The summed E-state index contributed by atoms with van der Waals surface area (Å²) in [5.74, 6) is -0.458. The van der Waals surface area contributed by atoms with Gasteiger partial charge < -0.3 is 5.32 Å². The molecule has 1 N–H and O–H groups in total. The van der Waals surface area contributed by atoms with Gasteiger partial charge in [0.1, 0.15) is 0 Å². The van der Waals surface area contributed by atoms with Gasteiger partial charge in [-0.05, 0) is 36.1 Å². The summed E-state index contributed by atoms with van der Waals surface area (Å²) in [4.78, 5) is 11.7. The number of benzene rings is 1. The van der Waals surface area contributed by atoms with E-state index >= 15 is 0 Å². The molecule has 1 atom stereocenters. The first-order chi connectivity index (χ1) is 11.1. The van der Waals surface area contributed by atoms with Crippen LogP contribution in [0.15, 0.2) is 24.3 Å². The van der Waals surface area contributed by atoms with E-state index in [1.165, 1.54) is 12.1 Å². The number of nitrogens with one attached hydrogen (secondary N) is 1. The first-order valence-electron chi connectivity index (χ1n) is 7.10. The molecule has 1 amide bonds. The van der Waals surface area contributed by atoms with Gasteiger partial charge in [0.2, 0.25) is 5.91 Å². The molecule has 4 nitrogen and oxygen atoms in total. The average Bonchev–Trinajstić information content (AvgIpc) is 2.82. The van der Waals surface area contributed by atoms with Crippen molar-refractivity contribution in [2.45, 2.75) is 12.6 Å². The minimum absolute atomic E-state index is 0.0448. The monoisotopic (exact) mass is 381 g/mol. The molecule has 1 fully saturated rings. The van der Waals surface area contributed by atoms with Crippen LogP contribution in [0.5, 0.6) is 0 Å². The minimum atomic E-state index is -4.57. The lowest BCUT2D eigenvalue weighted by atomic mass is 10.1. The SMILES string of the molecule is O=C(/C=C/c1ccc(Cl)c(C(F)(F)F)c1)NCC1CCS(=O)(=O)C1. The molecule has 1 saturated heterocycles. The molecule has 1 aliphatic heterocycles. The summed E-state index contributed by atoms with van der Waals surface area (Å²) < 4.78 is 60.9. The highest BCUT2D eigenvalue weighted by Crippen LogP contribution is 2.35. The molecule has 1 aromatic rings. The molecule has 0 saturated carbocycles. The lowest BCUT2D eigenvalue weighted by Gasteiger charge is -2.09. The predicted octanol–water partition coefficient (Wildman–Crippen LogP) is 2.92. The van der Waals surface area contributed by atoms with Crippen molar-refractivity contribution in [3.8, 4) is 0 Å². The van der Waals surface area contributed by atoms with Crippen LogP contribution in [0.1, 0.15) is 17.5 Å². The number of sulfone groups is 1. The topological polar surface area (TPSA) is 63.2 Å². The molecule has 2 rings (SSSR count). The van der Waals surface area contributed by atoms with Crippen LogP contribution in [0.2, 0.25) is 5.02 Å². The Morgan fingerprint density at radius 3 is 2.67 bits per heavy atom. The maximum absolute atomic E-state index is 12.7. The summed E-state index contributed by atoms with van der Waals surface area (Å²) >= 11 is 5.52. The van der Waals surface area contributed by atoms with Gasteiger partial charge in [-0.1, -0.05) is 17.7 Å². The summed E-state index contributed by atoms with van der Waals surface area (Å²) in [7, 11) is -3.01. The summed E-state index contributed by atoms with van der Waals surface area (Å²) in [6.45, 7) is 0.219. The Balaban J connectivity index is 1.94. The summed E-state index contributed by atoms with van der Waals surface area (Å²) in [6.07, 6.45) is -1.73. The molecule has 0 aromatic heterocycles. The molecule has 0 aliphatic carbocycles. The highest BCUT2D eigenvalue weighted by molar-refractivity contribution is 7.91. The van der Waals surface area contributed by atoms with Crippen molar-refractivity contribution >= 4 is 33.4 Å². The zero-order valence-electron chi connectivity index (χ0n) is 12.4.